The van der Waals surface area contributed by atoms with Crippen LogP contribution < -0.4 is 4.65 Å². The predicted octanol–water partition coefficient (Wildman–Crippen LogP) is 0.560. The molecule has 6 heteroatoms. The topological polar surface area (TPSA) is 73.5 Å². The highest BCUT2D eigenvalue weighted by Gasteiger charge is 2.11. The minimum absolute atomic E-state index is 0.138. The zero-order chi connectivity index (χ0) is 9.84. The summed E-state index contributed by atoms with van der Waals surface area (Å²) in [7, 11) is -1.91. The van der Waals surface area contributed by atoms with Crippen LogP contribution in [0.1, 0.15) is 5.56 Å². The van der Waals surface area contributed by atoms with E-state index in [0.717, 1.165) is 0 Å². The van der Waals surface area contributed by atoms with Crippen LogP contribution in [0.25, 0.3) is 0 Å². The van der Waals surface area contributed by atoms with Gasteiger partial charge in [0.2, 0.25) is 0 Å². The molecule has 0 amide bonds. The number of hydrogen-bond acceptors (Lipinski definition) is 4. The zero-order valence-electron chi connectivity index (χ0n) is 6.44. The van der Waals surface area contributed by atoms with E-state index in [2.05, 4.69) is 4.65 Å². The van der Waals surface area contributed by atoms with E-state index < -0.39 is 7.32 Å². The second-order valence-electron chi connectivity index (χ2n) is 2.23. The zero-order valence-corrected chi connectivity index (χ0v) is 7.19. The van der Waals surface area contributed by atoms with Gasteiger partial charge in [0.1, 0.15) is 5.75 Å². The van der Waals surface area contributed by atoms with Gasteiger partial charge in [-0.3, -0.25) is 0 Å². The van der Waals surface area contributed by atoms with Crippen molar-refractivity contribution in [1.29, 1.82) is 5.26 Å². The molecule has 1 aromatic rings. The van der Waals surface area contributed by atoms with Gasteiger partial charge in [-0.25, -0.2) is 0 Å². The van der Waals surface area contributed by atoms with Crippen molar-refractivity contribution in [3.05, 3.63) is 28.8 Å². The molecule has 0 heterocycles. The van der Waals surface area contributed by atoms with E-state index in [1.54, 1.807) is 0 Å². The number of hydrogen-bond donors (Lipinski definition) is 2. The quantitative estimate of drug-likeness (QED) is 0.680. The Balaban J connectivity index is 2.96. The highest BCUT2D eigenvalue weighted by molar-refractivity contribution is 6.34. The standard InChI is InChI=1S/C7H5BClNO3/c9-6-1-5(4-10)2-7(3-6)13-8(11)12/h1-3,11-12H. The molecule has 13 heavy (non-hydrogen) atoms. The third-order valence-electron chi connectivity index (χ3n) is 1.24. The molecule has 0 bridgehead atoms. The molecule has 0 aliphatic carbocycles. The van der Waals surface area contributed by atoms with Crippen LogP contribution in [0.5, 0.6) is 5.75 Å². The lowest BCUT2D eigenvalue weighted by Crippen LogP contribution is -2.20. The minimum Gasteiger partial charge on any atom is -0.512 e. The van der Waals surface area contributed by atoms with Gasteiger partial charge in [-0.05, 0) is 18.2 Å². The molecular weight excluding hydrogens is 192 g/mol. The van der Waals surface area contributed by atoms with Crippen molar-refractivity contribution in [2.45, 2.75) is 0 Å². The average Bonchev–Trinajstić information content (AvgIpc) is 2.01. The van der Waals surface area contributed by atoms with Crippen molar-refractivity contribution in [3.8, 4) is 11.8 Å². The summed E-state index contributed by atoms with van der Waals surface area (Å²) in [6.07, 6.45) is 0. The van der Waals surface area contributed by atoms with Gasteiger partial charge in [-0.2, -0.15) is 5.26 Å². The van der Waals surface area contributed by atoms with Gasteiger partial charge in [0.25, 0.3) is 0 Å². The Morgan fingerprint density at radius 3 is 2.62 bits per heavy atom. The van der Waals surface area contributed by atoms with Crippen molar-refractivity contribution in [3.63, 3.8) is 0 Å². The molecule has 0 unspecified atom stereocenters. The number of nitrogens with zero attached hydrogens (tertiary/aromatic N) is 1. The van der Waals surface area contributed by atoms with Crippen molar-refractivity contribution in [1.82, 2.24) is 0 Å². The van der Waals surface area contributed by atoms with Crippen molar-refractivity contribution >= 4 is 18.9 Å². The van der Waals surface area contributed by atoms with Crippen LogP contribution >= 0.6 is 11.6 Å². The Morgan fingerprint density at radius 2 is 2.08 bits per heavy atom. The summed E-state index contributed by atoms with van der Waals surface area (Å²) < 4.78 is 4.51. The molecule has 0 fully saturated rings. The Bertz CT molecular complexity index is 350. The molecule has 0 spiro atoms. The van der Waals surface area contributed by atoms with Crippen molar-refractivity contribution < 1.29 is 14.7 Å². The lowest BCUT2D eigenvalue weighted by atomic mass is 10.2. The van der Waals surface area contributed by atoms with Crippen LogP contribution in [0.2, 0.25) is 5.02 Å². The Hall–Kier alpha value is -1.22. The fraction of sp³-hybridized carbons (Fsp3) is 0. The van der Waals surface area contributed by atoms with Crippen LogP contribution in [-0.4, -0.2) is 17.4 Å². The molecule has 0 atom stereocenters. The van der Waals surface area contributed by atoms with Gasteiger partial charge in [0.05, 0.1) is 11.6 Å². The van der Waals surface area contributed by atoms with Crippen molar-refractivity contribution in [2.24, 2.45) is 0 Å². The van der Waals surface area contributed by atoms with E-state index >= 15 is 0 Å². The van der Waals surface area contributed by atoms with Gasteiger partial charge in [0, 0.05) is 5.02 Å². The summed E-state index contributed by atoms with van der Waals surface area (Å²) in [5.41, 5.74) is 0.295. The number of nitriles is 1. The molecular formula is C7H5BClNO3. The minimum atomic E-state index is -1.91. The molecule has 0 aliphatic rings. The first kappa shape index (κ1) is 9.87. The van der Waals surface area contributed by atoms with Crippen molar-refractivity contribution in [2.75, 3.05) is 0 Å². The van der Waals surface area contributed by atoms with Gasteiger partial charge >= 0.3 is 7.32 Å². The summed E-state index contributed by atoms with van der Waals surface area (Å²) in [6.45, 7) is 0. The molecule has 2 N–H and O–H groups in total. The van der Waals surface area contributed by atoms with Gasteiger partial charge in [0.15, 0.2) is 0 Å². The van der Waals surface area contributed by atoms with Crippen LogP contribution in [0, 0.1) is 11.3 Å². The average molecular weight is 197 g/mol. The molecule has 4 nitrogen and oxygen atoms in total. The van der Waals surface area contributed by atoms with Gasteiger partial charge in [-0.1, -0.05) is 11.6 Å². The molecule has 66 valence electrons. The molecule has 1 rings (SSSR count). The van der Waals surface area contributed by atoms with Crippen LogP contribution in [0.4, 0.5) is 0 Å². The summed E-state index contributed by atoms with van der Waals surface area (Å²) in [4.78, 5) is 0. The highest BCUT2D eigenvalue weighted by atomic mass is 35.5. The third kappa shape index (κ3) is 2.95. The van der Waals surface area contributed by atoms with Gasteiger partial charge in [-0.15, -0.1) is 0 Å². The lowest BCUT2D eigenvalue weighted by Gasteiger charge is -2.04. The Labute approximate surface area is 80.1 Å². The van der Waals surface area contributed by atoms with Gasteiger partial charge < -0.3 is 14.7 Å². The number of rotatable bonds is 2. The number of benzene rings is 1. The fourth-order valence-corrected chi connectivity index (χ4v) is 1.04. The molecule has 0 aliphatic heterocycles. The SMILES string of the molecule is N#Cc1cc(Cl)cc(OB(O)O)c1. The summed E-state index contributed by atoms with van der Waals surface area (Å²) in [6, 6.07) is 6.03. The van der Waals surface area contributed by atoms with Crippen LogP contribution in [0.15, 0.2) is 18.2 Å². The summed E-state index contributed by atoms with van der Waals surface area (Å²) in [5, 5.41) is 25.8. The van der Waals surface area contributed by atoms with E-state index in [0.29, 0.717) is 10.6 Å². The molecule has 0 saturated carbocycles. The molecule has 0 saturated heterocycles. The van der Waals surface area contributed by atoms with E-state index in [1.807, 2.05) is 6.07 Å². The second-order valence-corrected chi connectivity index (χ2v) is 2.67. The fourth-order valence-electron chi connectivity index (χ4n) is 0.817. The third-order valence-corrected chi connectivity index (χ3v) is 1.46. The van der Waals surface area contributed by atoms with E-state index in [4.69, 9.17) is 26.9 Å². The molecule has 0 radical (unpaired) electrons. The lowest BCUT2D eigenvalue weighted by molar-refractivity contribution is 0.288. The monoisotopic (exact) mass is 197 g/mol. The normalized spacial score (nSPS) is 9.08. The molecule has 1 aromatic carbocycles. The summed E-state index contributed by atoms with van der Waals surface area (Å²) in [5.74, 6) is 0.138. The first-order chi connectivity index (χ1) is 6.11. The predicted molar refractivity (Wildman–Crippen MR) is 47.0 cm³/mol. The Kier molecular flexibility index (Phi) is 3.15. The Morgan fingerprint density at radius 1 is 1.38 bits per heavy atom. The van der Waals surface area contributed by atoms with E-state index in [-0.39, 0.29) is 5.75 Å². The first-order valence-electron chi connectivity index (χ1n) is 3.35. The van der Waals surface area contributed by atoms with E-state index in [1.165, 1.54) is 18.2 Å². The maximum absolute atomic E-state index is 8.53. The smallest absolute Gasteiger partial charge is 0.512 e. The summed E-state index contributed by atoms with van der Waals surface area (Å²) >= 11 is 5.62. The first-order valence-corrected chi connectivity index (χ1v) is 3.73. The largest absolute Gasteiger partial charge is 0.707 e. The van der Waals surface area contributed by atoms with E-state index in [9.17, 15) is 0 Å². The highest BCUT2D eigenvalue weighted by Crippen LogP contribution is 2.20. The maximum Gasteiger partial charge on any atom is 0.707 e. The molecule has 0 aromatic heterocycles. The maximum atomic E-state index is 8.53. The second kappa shape index (κ2) is 4.14. The van der Waals surface area contributed by atoms with Crippen LogP contribution in [0.3, 0.4) is 0 Å². The van der Waals surface area contributed by atoms with Crippen LogP contribution in [-0.2, 0) is 0 Å². The number of halogens is 1.